The molecule has 0 aromatic heterocycles. The summed E-state index contributed by atoms with van der Waals surface area (Å²) in [5.74, 6) is 0.832. The van der Waals surface area contributed by atoms with E-state index in [1.54, 1.807) is 0 Å². The number of benzene rings is 1. The molecule has 2 amide bonds. The molecule has 6 nitrogen and oxygen atoms in total. The lowest BCUT2D eigenvalue weighted by molar-refractivity contribution is 0.135. The molecule has 1 aromatic carbocycles. The summed E-state index contributed by atoms with van der Waals surface area (Å²) >= 11 is 0. The highest BCUT2D eigenvalue weighted by Crippen LogP contribution is 2.17. The first-order valence-corrected chi connectivity index (χ1v) is 7.90. The van der Waals surface area contributed by atoms with Crippen molar-refractivity contribution in [3.63, 3.8) is 0 Å². The molecule has 0 bridgehead atoms. The predicted molar refractivity (Wildman–Crippen MR) is 86.9 cm³/mol. The van der Waals surface area contributed by atoms with Crippen molar-refractivity contribution in [1.29, 1.82) is 0 Å². The van der Waals surface area contributed by atoms with Gasteiger partial charge in [-0.1, -0.05) is 25.1 Å². The number of ether oxygens (including phenoxy) is 1. The Morgan fingerprint density at radius 2 is 2.00 bits per heavy atom. The molecule has 0 atom stereocenters. The van der Waals surface area contributed by atoms with Gasteiger partial charge in [0.2, 0.25) is 0 Å². The number of nitrogens with one attached hydrogen (secondary N) is 1. The van der Waals surface area contributed by atoms with Crippen molar-refractivity contribution < 1.29 is 9.53 Å². The van der Waals surface area contributed by atoms with E-state index in [9.17, 15) is 4.79 Å². The fraction of sp³-hybridized carbons (Fsp3) is 0.562. The molecule has 1 fully saturated rings. The Bertz CT molecular complexity index is 473. The second-order valence-corrected chi connectivity index (χ2v) is 5.35. The van der Waals surface area contributed by atoms with Crippen LogP contribution in [0.15, 0.2) is 24.3 Å². The Labute approximate surface area is 132 Å². The fourth-order valence-corrected chi connectivity index (χ4v) is 2.58. The van der Waals surface area contributed by atoms with Crippen molar-refractivity contribution in [2.24, 2.45) is 5.73 Å². The van der Waals surface area contributed by atoms with Crippen LogP contribution < -0.4 is 15.8 Å². The lowest BCUT2D eigenvalue weighted by atomic mass is 10.1. The summed E-state index contributed by atoms with van der Waals surface area (Å²) in [6.07, 6.45) is 0.910. The number of piperazine rings is 1. The van der Waals surface area contributed by atoms with Crippen LogP contribution in [0.4, 0.5) is 4.79 Å². The van der Waals surface area contributed by atoms with Crippen molar-refractivity contribution in [2.75, 3.05) is 46.0 Å². The number of urea groups is 1. The van der Waals surface area contributed by atoms with E-state index in [2.05, 4.69) is 17.1 Å². The SMILES string of the molecule is CCc1ccccc1OCNC(=O)N1CCN(CCN)CC1. The van der Waals surface area contributed by atoms with Gasteiger partial charge >= 0.3 is 6.03 Å². The quantitative estimate of drug-likeness (QED) is 0.765. The van der Waals surface area contributed by atoms with Crippen molar-refractivity contribution >= 4 is 6.03 Å². The third-order valence-electron chi connectivity index (χ3n) is 3.91. The third kappa shape index (κ3) is 4.61. The largest absolute Gasteiger partial charge is 0.473 e. The lowest BCUT2D eigenvalue weighted by Crippen LogP contribution is -2.52. The third-order valence-corrected chi connectivity index (χ3v) is 3.91. The molecular weight excluding hydrogens is 280 g/mol. The number of hydrogen-bond acceptors (Lipinski definition) is 4. The second-order valence-electron chi connectivity index (χ2n) is 5.35. The highest BCUT2D eigenvalue weighted by Gasteiger charge is 2.20. The average Bonchev–Trinajstić information content (AvgIpc) is 2.56. The van der Waals surface area contributed by atoms with E-state index in [0.29, 0.717) is 6.54 Å². The van der Waals surface area contributed by atoms with E-state index in [0.717, 1.165) is 50.5 Å². The number of rotatable bonds is 6. The molecule has 0 unspecified atom stereocenters. The van der Waals surface area contributed by atoms with Crippen LogP contribution in [0.25, 0.3) is 0 Å². The lowest BCUT2D eigenvalue weighted by Gasteiger charge is -2.34. The zero-order chi connectivity index (χ0) is 15.8. The number of hydrogen-bond donors (Lipinski definition) is 2. The van der Waals surface area contributed by atoms with Gasteiger partial charge in [0.05, 0.1) is 0 Å². The fourth-order valence-electron chi connectivity index (χ4n) is 2.58. The minimum atomic E-state index is -0.0682. The topological polar surface area (TPSA) is 70.8 Å². The zero-order valence-electron chi connectivity index (χ0n) is 13.3. The van der Waals surface area contributed by atoms with Crippen LogP contribution in [0.2, 0.25) is 0 Å². The van der Waals surface area contributed by atoms with Crippen LogP contribution in [0.3, 0.4) is 0 Å². The molecule has 0 radical (unpaired) electrons. The normalized spacial score (nSPS) is 15.6. The molecule has 0 saturated carbocycles. The first kappa shape index (κ1) is 16.6. The Hall–Kier alpha value is -1.79. The van der Waals surface area contributed by atoms with E-state index >= 15 is 0 Å². The van der Waals surface area contributed by atoms with Crippen molar-refractivity contribution in [1.82, 2.24) is 15.1 Å². The Morgan fingerprint density at radius 3 is 2.68 bits per heavy atom. The van der Waals surface area contributed by atoms with Crippen molar-refractivity contribution in [2.45, 2.75) is 13.3 Å². The summed E-state index contributed by atoms with van der Waals surface area (Å²) in [6.45, 7) is 7.06. The van der Waals surface area contributed by atoms with Crippen molar-refractivity contribution in [3.05, 3.63) is 29.8 Å². The summed E-state index contributed by atoms with van der Waals surface area (Å²) in [5.41, 5.74) is 6.69. The molecule has 2 rings (SSSR count). The highest BCUT2D eigenvalue weighted by molar-refractivity contribution is 5.74. The number of para-hydroxylation sites is 1. The zero-order valence-corrected chi connectivity index (χ0v) is 13.3. The van der Waals surface area contributed by atoms with Gasteiger partial charge in [-0.25, -0.2) is 4.79 Å². The molecule has 0 aliphatic carbocycles. The van der Waals surface area contributed by atoms with Crippen LogP contribution in [-0.2, 0) is 6.42 Å². The minimum Gasteiger partial charge on any atom is -0.473 e. The van der Waals surface area contributed by atoms with Gasteiger partial charge in [-0.2, -0.15) is 0 Å². The average molecular weight is 306 g/mol. The number of carbonyl (C=O) groups is 1. The van der Waals surface area contributed by atoms with Crippen LogP contribution in [0, 0.1) is 0 Å². The Kier molecular flexibility index (Phi) is 6.48. The monoisotopic (exact) mass is 306 g/mol. The maximum atomic E-state index is 12.1. The molecule has 3 N–H and O–H groups in total. The van der Waals surface area contributed by atoms with E-state index in [1.807, 2.05) is 29.2 Å². The highest BCUT2D eigenvalue weighted by atomic mass is 16.5. The van der Waals surface area contributed by atoms with Crippen LogP contribution in [0.1, 0.15) is 12.5 Å². The molecule has 22 heavy (non-hydrogen) atoms. The predicted octanol–water partition coefficient (Wildman–Crippen LogP) is 0.871. The molecule has 1 aliphatic rings. The van der Waals surface area contributed by atoms with Crippen LogP contribution in [0.5, 0.6) is 5.75 Å². The first-order valence-electron chi connectivity index (χ1n) is 7.90. The van der Waals surface area contributed by atoms with E-state index in [-0.39, 0.29) is 12.8 Å². The van der Waals surface area contributed by atoms with E-state index in [4.69, 9.17) is 10.5 Å². The van der Waals surface area contributed by atoms with Gasteiger partial charge in [0.1, 0.15) is 5.75 Å². The summed E-state index contributed by atoms with van der Waals surface area (Å²) in [4.78, 5) is 16.2. The maximum absolute atomic E-state index is 12.1. The van der Waals surface area contributed by atoms with Gasteiger partial charge < -0.3 is 20.7 Å². The standard InChI is InChI=1S/C16H26N4O2/c1-2-14-5-3-4-6-15(14)22-13-18-16(21)20-11-9-19(8-7-17)10-12-20/h3-6H,2,7-13,17H2,1H3,(H,18,21). The number of nitrogens with two attached hydrogens (primary N) is 1. The molecule has 6 heteroatoms. The van der Waals surface area contributed by atoms with Gasteiger partial charge in [0.15, 0.2) is 6.73 Å². The number of aryl methyl sites for hydroxylation is 1. The number of amides is 2. The Balaban J connectivity index is 1.72. The molecule has 1 aromatic rings. The molecular formula is C16H26N4O2. The summed E-state index contributed by atoms with van der Waals surface area (Å²) in [5, 5.41) is 2.82. The number of carbonyl (C=O) groups excluding carboxylic acids is 1. The number of nitrogens with zero attached hydrogens (tertiary/aromatic N) is 2. The van der Waals surface area contributed by atoms with Crippen LogP contribution in [-0.4, -0.2) is 61.8 Å². The van der Waals surface area contributed by atoms with Crippen LogP contribution >= 0.6 is 0 Å². The van der Waals surface area contributed by atoms with Gasteiger partial charge in [-0.3, -0.25) is 4.90 Å². The van der Waals surface area contributed by atoms with E-state index in [1.165, 1.54) is 0 Å². The van der Waals surface area contributed by atoms with Gasteiger partial charge in [-0.05, 0) is 18.1 Å². The van der Waals surface area contributed by atoms with Gasteiger partial charge in [-0.15, -0.1) is 0 Å². The molecule has 122 valence electrons. The summed E-state index contributed by atoms with van der Waals surface area (Å²) in [7, 11) is 0. The Morgan fingerprint density at radius 1 is 1.27 bits per heavy atom. The van der Waals surface area contributed by atoms with E-state index < -0.39 is 0 Å². The summed E-state index contributed by atoms with van der Waals surface area (Å²) in [6, 6.07) is 7.82. The summed E-state index contributed by atoms with van der Waals surface area (Å²) < 4.78 is 5.66. The first-order chi connectivity index (χ1) is 10.7. The van der Waals surface area contributed by atoms with Gasteiger partial charge in [0.25, 0.3) is 0 Å². The maximum Gasteiger partial charge on any atom is 0.320 e. The molecule has 1 aliphatic heterocycles. The molecule has 1 heterocycles. The molecule has 1 saturated heterocycles. The van der Waals surface area contributed by atoms with Gasteiger partial charge in [0, 0.05) is 39.3 Å². The minimum absolute atomic E-state index is 0.0682. The smallest absolute Gasteiger partial charge is 0.320 e. The molecule has 0 spiro atoms. The second kappa shape index (κ2) is 8.60. The van der Waals surface area contributed by atoms with Crippen molar-refractivity contribution in [3.8, 4) is 5.75 Å².